The third-order valence-electron chi connectivity index (χ3n) is 4.52. The molecule has 1 aromatic rings. The minimum absolute atomic E-state index is 0.0353. The first kappa shape index (κ1) is 16.3. The lowest BCUT2D eigenvalue weighted by Crippen LogP contribution is -2.40. The van der Waals surface area contributed by atoms with Crippen LogP contribution in [0.3, 0.4) is 0 Å². The van der Waals surface area contributed by atoms with Gasteiger partial charge in [-0.3, -0.25) is 0 Å². The molecule has 4 nitrogen and oxygen atoms in total. The van der Waals surface area contributed by atoms with E-state index in [0.29, 0.717) is 16.5 Å². The Bertz CT molecular complexity index is 578. The first-order valence-corrected chi connectivity index (χ1v) is 9.31. The minimum atomic E-state index is -3.47. The van der Waals surface area contributed by atoms with Crippen LogP contribution in [0.5, 0.6) is 0 Å². The molecule has 0 aromatic heterocycles. The van der Waals surface area contributed by atoms with Gasteiger partial charge in [0.15, 0.2) is 0 Å². The molecule has 1 aromatic carbocycles. The summed E-state index contributed by atoms with van der Waals surface area (Å²) in [6.45, 7) is 3.88. The van der Waals surface area contributed by atoms with Gasteiger partial charge in [-0.25, -0.2) is 13.1 Å². The summed E-state index contributed by atoms with van der Waals surface area (Å²) in [4.78, 5) is 0.309. The van der Waals surface area contributed by atoms with Crippen molar-refractivity contribution in [2.24, 2.45) is 5.92 Å². The molecule has 0 heterocycles. The molecule has 1 atom stereocenters. The highest BCUT2D eigenvalue weighted by atomic mass is 32.2. The fraction of sp³-hybridized carbons (Fsp3) is 0.625. The second-order valence-electron chi connectivity index (χ2n) is 6.05. The second-order valence-corrected chi connectivity index (χ2v) is 7.77. The third kappa shape index (κ3) is 3.98. The molecule has 0 aliphatic heterocycles. The van der Waals surface area contributed by atoms with Gasteiger partial charge in [0.05, 0.1) is 4.90 Å². The average molecular weight is 310 g/mol. The fourth-order valence-electron chi connectivity index (χ4n) is 3.13. The summed E-state index contributed by atoms with van der Waals surface area (Å²) in [6, 6.07) is 4.92. The molecule has 21 heavy (non-hydrogen) atoms. The Labute approximate surface area is 128 Å². The van der Waals surface area contributed by atoms with Crippen molar-refractivity contribution in [2.75, 3.05) is 5.73 Å². The Balaban J connectivity index is 2.16. The summed E-state index contributed by atoms with van der Waals surface area (Å²) in [5.74, 6) is 0.466. The van der Waals surface area contributed by atoms with Crippen molar-refractivity contribution in [1.82, 2.24) is 4.72 Å². The van der Waals surface area contributed by atoms with Crippen LogP contribution in [0.4, 0.5) is 5.69 Å². The van der Waals surface area contributed by atoms with E-state index in [2.05, 4.69) is 11.6 Å². The zero-order valence-electron chi connectivity index (χ0n) is 12.9. The van der Waals surface area contributed by atoms with E-state index in [1.54, 1.807) is 18.2 Å². The molecule has 1 fully saturated rings. The summed E-state index contributed by atoms with van der Waals surface area (Å²) >= 11 is 0. The van der Waals surface area contributed by atoms with E-state index < -0.39 is 10.0 Å². The number of nitrogens with two attached hydrogens (primary N) is 1. The Morgan fingerprint density at radius 3 is 2.52 bits per heavy atom. The fourth-order valence-corrected chi connectivity index (χ4v) is 4.60. The first-order chi connectivity index (χ1) is 9.94. The molecule has 0 amide bonds. The summed E-state index contributed by atoms with van der Waals surface area (Å²) in [5, 5.41) is 0. The smallest absolute Gasteiger partial charge is 0.240 e. The van der Waals surface area contributed by atoms with Crippen LogP contribution in [-0.2, 0) is 10.0 Å². The van der Waals surface area contributed by atoms with Crippen LogP contribution >= 0.6 is 0 Å². The highest BCUT2D eigenvalue weighted by Gasteiger charge is 2.27. The second kappa shape index (κ2) is 6.79. The van der Waals surface area contributed by atoms with E-state index in [1.165, 1.54) is 19.3 Å². The zero-order valence-corrected chi connectivity index (χ0v) is 13.7. The monoisotopic (exact) mass is 310 g/mol. The van der Waals surface area contributed by atoms with E-state index in [0.717, 1.165) is 24.8 Å². The van der Waals surface area contributed by atoms with Gasteiger partial charge in [-0.2, -0.15) is 0 Å². The number of hydrogen-bond acceptors (Lipinski definition) is 3. The van der Waals surface area contributed by atoms with Crippen molar-refractivity contribution in [3.05, 3.63) is 23.8 Å². The molecule has 0 bridgehead atoms. The van der Waals surface area contributed by atoms with E-state index in [-0.39, 0.29) is 6.04 Å². The maximum Gasteiger partial charge on any atom is 0.240 e. The van der Waals surface area contributed by atoms with Crippen molar-refractivity contribution in [2.45, 2.75) is 63.3 Å². The molecule has 2 rings (SSSR count). The van der Waals surface area contributed by atoms with E-state index in [9.17, 15) is 8.42 Å². The molecule has 0 radical (unpaired) electrons. The largest absolute Gasteiger partial charge is 0.399 e. The lowest BCUT2D eigenvalue weighted by atomic mass is 9.83. The Morgan fingerprint density at radius 1 is 1.29 bits per heavy atom. The van der Waals surface area contributed by atoms with Crippen molar-refractivity contribution < 1.29 is 8.42 Å². The van der Waals surface area contributed by atoms with Gasteiger partial charge in [0.1, 0.15) is 0 Å². The standard InChI is InChI=1S/C16H26N2O2S/c1-3-16(13-7-5-4-6-8-13)18-21(19,20)14-9-10-15(17)12(2)11-14/h9-11,13,16,18H,3-8,17H2,1-2H3. The van der Waals surface area contributed by atoms with Crippen LogP contribution in [0.15, 0.2) is 23.1 Å². The van der Waals surface area contributed by atoms with Gasteiger partial charge >= 0.3 is 0 Å². The van der Waals surface area contributed by atoms with Gasteiger partial charge in [-0.1, -0.05) is 26.2 Å². The Morgan fingerprint density at radius 2 is 1.95 bits per heavy atom. The van der Waals surface area contributed by atoms with Crippen LogP contribution in [0.1, 0.15) is 51.0 Å². The lowest BCUT2D eigenvalue weighted by molar-refractivity contribution is 0.285. The number of aryl methyl sites for hydroxylation is 1. The molecule has 118 valence electrons. The Hall–Kier alpha value is -1.07. The topological polar surface area (TPSA) is 72.2 Å². The van der Waals surface area contributed by atoms with Gasteiger partial charge in [-0.15, -0.1) is 0 Å². The summed E-state index contributed by atoms with van der Waals surface area (Å²) in [7, 11) is -3.47. The van der Waals surface area contributed by atoms with Gasteiger partial charge in [0, 0.05) is 11.7 Å². The van der Waals surface area contributed by atoms with Crippen molar-refractivity contribution in [3.8, 4) is 0 Å². The van der Waals surface area contributed by atoms with Crippen molar-refractivity contribution in [3.63, 3.8) is 0 Å². The molecule has 0 spiro atoms. The van der Waals surface area contributed by atoms with Crippen LogP contribution < -0.4 is 10.5 Å². The summed E-state index contributed by atoms with van der Waals surface area (Å²) in [6.07, 6.45) is 6.78. The predicted molar refractivity (Wildman–Crippen MR) is 86.6 cm³/mol. The highest BCUT2D eigenvalue weighted by molar-refractivity contribution is 7.89. The molecule has 1 aliphatic carbocycles. The normalized spacial score (nSPS) is 18.6. The van der Waals surface area contributed by atoms with Crippen LogP contribution in [0, 0.1) is 12.8 Å². The lowest BCUT2D eigenvalue weighted by Gasteiger charge is -2.30. The molecule has 3 N–H and O–H groups in total. The van der Waals surface area contributed by atoms with Gasteiger partial charge in [0.2, 0.25) is 10.0 Å². The molecule has 0 saturated heterocycles. The van der Waals surface area contributed by atoms with Crippen LogP contribution in [0.25, 0.3) is 0 Å². The minimum Gasteiger partial charge on any atom is -0.399 e. The van der Waals surface area contributed by atoms with E-state index in [1.807, 2.05) is 6.92 Å². The zero-order chi connectivity index (χ0) is 15.5. The number of rotatable bonds is 5. The van der Waals surface area contributed by atoms with Crippen LogP contribution in [0.2, 0.25) is 0 Å². The molecule has 5 heteroatoms. The number of nitrogen functional groups attached to an aromatic ring is 1. The Kier molecular flexibility index (Phi) is 5.27. The number of hydrogen-bond donors (Lipinski definition) is 2. The highest BCUT2D eigenvalue weighted by Crippen LogP contribution is 2.28. The maximum atomic E-state index is 12.6. The summed E-state index contributed by atoms with van der Waals surface area (Å²) in [5.41, 5.74) is 7.17. The number of anilines is 1. The van der Waals surface area contributed by atoms with E-state index >= 15 is 0 Å². The third-order valence-corrected chi connectivity index (χ3v) is 6.00. The number of benzene rings is 1. The van der Waals surface area contributed by atoms with Crippen molar-refractivity contribution >= 4 is 15.7 Å². The maximum absolute atomic E-state index is 12.6. The van der Waals surface area contributed by atoms with Crippen molar-refractivity contribution in [1.29, 1.82) is 0 Å². The van der Waals surface area contributed by atoms with Gasteiger partial charge in [0.25, 0.3) is 0 Å². The predicted octanol–water partition coefficient (Wildman–Crippen LogP) is 3.21. The molecular formula is C16H26N2O2S. The SMILES string of the molecule is CCC(NS(=O)(=O)c1ccc(N)c(C)c1)C1CCCCC1. The van der Waals surface area contributed by atoms with Gasteiger partial charge in [-0.05, 0) is 55.9 Å². The number of sulfonamides is 1. The number of nitrogens with one attached hydrogen (secondary N) is 1. The quantitative estimate of drug-likeness (QED) is 0.820. The molecule has 1 aliphatic rings. The molecule has 1 saturated carbocycles. The molecule has 1 unspecified atom stereocenters. The summed E-state index contributed by atoms with van der Waals surface area (Å²) < 4.78 is 28.0. The average Bonchev–Trinajstić information content (AvgIpc) is 2.48. The van der Waals surface area contributed by atoms with Gasteiger partial charge < -0.3 is 5.73 Å². The van der Waals surface area contributed by atoms with E-state index in [4.69, 9.17) is 5.73 Å². The van der Waals surface area contributed by atoms with Crippen LogP contribution in [-0.4, -0.2) is 14.5 Å². The first-order valence-electron chi connectivity index (χ1n) is 7.82. The molecular weight excluding hydrogens is 284 g/mol.